The van der Waals surface area contributed by atoms with Gasteiger partial charge in [0.1, 0.15) is 0 Å². The van der Waals surface area contributed by atoms with Crippen LogP contribution in [-0.4, -0.2) is 18.5 Å². The third kappa shape index (κ3) is 3.21. The molecule has 1 unspecified atom stereocenters. The average molecular weight is 274 g/mol. The Labute approximate surface area is 122 Å². The molecular formula is C17H26N2O. The van der Waals surface area contributed by atoms with Crippen molar-refractivity contribution in [2.75, 3.05) is 11.4 Å². The molecule has 1 amide bonds. The molecule has 3 heteroatoms. The van der Waals surface area contributed by atoms with Crippen LogP contribution in [0.5, 0.6) is 0 Å². The number of hydrogen-bond donors (Lipinski definition) is 1. The van der Waals surface area contributed by atoms with Gasteiger partial charge in [0.2, 0.25) is 5.91 Å². The minimum Gasteiger partial charge on any atom is -0.330 e. The van der Waals surface area contributed by atoms with Crippen molar-refractivity contribution in [1.29, 1.82) is 0 Å². The van der Waals surface area contributed by atoms with Crippen molar-refractivity contribution < 1.29 is 4.79 Å². The van der Waals surface area contributed by atoms with Crippen molar-refractivity contribution >= 4 is 11.6 Å². The number of unbranched alkanes of at least 4 members (excludes halogenated alkanes) is 1. The maximum atomic E-state index is 12.2. The number of nitrogens with two attached hydrogens (primary N) is 1. The summed E-state index contributed by atoms with van der Waals surface area (Å²) in [6.45, 7) is 4.96. The lowest BCUT2D eigenvalue weighted by molar-refractivity contribution is -0.118. The lowest BCUT2D eigenvalue weighted by atomic mass is 10.0. The summed E-state index contributed by atoms with van der Waals surface area (Å²) in [5.74, 6) is 0.259. The van der Waals surface area contributed by atoms with Gasteiger partial charge >= 0.3 is 0 Å². The summed E-state index contributed by atoms with van der Waals surface area (Å²) < 4.78 is 0. The van der Waals surface area contributed by atoms with E-state index in [9.17, 15) is 4.79 Å². The number of fused-ring (bicyclic) bond motifs is 1. The summed E-state index contributed by atoms with van der Waals surface area (Å²) in [4.78, 5) is 14.2. The number of hydrogen-bond acceptors (Lipinski definition) is 2. The lowest BCUT2D eigenvalue weighted by Gasteiger charge is -2.22. The third-order valence-corrected chi connectivity index (χ3v) is 4.01. The maximum absolute atomic E-state index is 12.2. The van der Waals surface area contributed by atoms with Crippen LogP contribution < -0.4 is 10.6 Å². The second-order valence-corrected chi connectivity index (χ2v) is 5.78. The number of carbonyl (C=O) groups is 1. The molecule has 1 atom stereocenters. The van der Waals surface area contributed by atoms with Gasteiger partial charge in [-0.2, -0.15) is 0 Å². The molecule has 0 bridgehead atoms. The first-order valence-electron chi connectivity index (χ1n) is 7.81. The van der Waals surface area contributed by atoms with Crippen LogP contribution in [0.25, 0.3) is 0 Å². The first-order chi connectivity index (χ1) is 9.67. The fourth-order valence-electron chi connectivity index (χ4n) is 3.03. The lowest BCUT2D eigenvalue weighted by Crippen LogP contribution is -2.35. The SMILES string of the molecule is CCCC(=O)N1c2ccc(CCCCN)cc2CC1C. The quantitative estimate of drug-likeness (QED) is 0.810. The van der Waals surface area contributed by atoms with Crippen molar-refractivity contribution in [2.24, 2.45) is 5.73 Å². The number of nitrogens with zero attached hydrogens (tertiary/aromatic N) is 1. The molecule has 20 heavy (non-hydrogen) atoms. The van der Waals surface area contributed by atoms with E-state index < -0.39 is 0 Å². The molecule has 0 saturated carbocycles. The average Bonchev–Trinajstić information content (AvgIpc) is 2.74. The van der Waals surface area contributed by atoms with Gasteiger partial charge in [-0.1, -0.05) is 19.1 Å². The highest BCUT2D eigenvalue weighted by molar-refractivity contribution is 5.96. The predicted molar refractivity (Wildman–Crippen MR) is 84.0 cm³/mol. The first kappa shape index (κ1) is 15.0. The van der Waals surface area contributed by atoms with Crippen LogP contribution in [0.3, 0.4) is 0 Å². The highest BCUT2D eigenvalue weighted by atomic mass is 16.2. The smallest absolute Gasteiger partial charge is 0.227 e. The molecule has 3 nitrogen and oxygen atoms in total. The molecule has 1 aromatic carbocycles. The molecule has 2 N–H and O–H groups in total. The van der Waals surface area contributed by atoms with Crippen molar-refractivity contribution in [3.8, 4) is 0 Å². The van der Waals surface area contributed by atoms with Crippen LogP contribution in [0.4, 0.5) is 5.69 Å². The molecule has 0 spiro atoms. The molecule has 1 aliphatic heterocycles. The summed E-state index contributed by atoms with van der Waals surface area (Å²) in [6, 6.07) is 6.87. The molecule has 0 fully saturated rings. The minimum absolute atomic E-state index is 0.259. The molecule has 0 aromatic heterocycles. The van der Waals surface area contributed by atoms with E-state index in [0.717, 1.165) is 44.3 Å². The van der Waals surface area contributed by atoms with Gasteiger partial charge in [0.05, 0.1) is 0 Å². The van der Waals surface area contributed by atoms with Gasteiger partial charge in [-0.25, -0.2) is 0 Å². The van der Waals surface area contributed by atoms with Crippen LogP contribution in [0.2, 0.25) is 0 Å². The molecule has 1 heterocycles. The zero-order chi connectivity index (χ0) is 14.5. The Hall–Kier alpha value is -1.35. The van der Waals surface area contributed by atoms with Crippen LogP contribution >= 0.6 is 0 Å². The van der Waals surface area contributed by atoms with E-state index in [4.69, 9.17) is 5.73 Å². The largest absolute Gasteiger partial charge is 0.330 e. The van der Waals surface area contributed by atoms with Gasteiger partial charge in [-0.3, -0.25) is 4.79 Å². The van der Waals surface area contributed by atoms with Crippen LogP contribution in [0, 0.1) is 0 Å². The number of rotatable bonds is 6. The van der Waals surface area contributed by atoms with E-state index >= 15 is 0 Å². The monoisotopic (exact) mass is 274 g/mol. The van der Waals surface area contributed by atoms with Gasteiger partial charge in [0.25, 0.3) is 0 Å². The van der Waals surface area contributed by atoms with Crippen molar-refractivity contribution in [3.05, 3.63) is 29.3 Å². The van der Waals surface area contributed by atoms with Crippen molar-refractivity contribution in [3.63, 3.8) is 0 Å². The summed E-state index contributed by atoms with van der Waals surface area (Å²) in [5.41, 5.74) is 9.36. The fraction of sp³-hybridized carbons (Fsp3) is 0.588. The Balaban J connectivity index is 2.12. The van der Waals surface area contributed by atoms with E-state index in [1.54, 1.807) is 0 Å². The summed E-state index contributed by atoms with van der Waals surface area (Å²) in [5, 5.41) is 0. The molecule has 2 rings (SSSR count). The second-order valence-electron chi connectivity index (χ2n) is 5.78. The van der Waals surface area contributed by atoms with Crippen LogP contribution in [0.15, 0.2) is 18.2 Å². The molecular weight excluding hydrogens is 248 g/mol. The molecule has 1 aliphatic rings. The highest BCUT2D eigenvalue weighted by Gasteiger charge is 2.30. The summed E-state index contributed by atoms with van der Waals surface area (Å²) >= 11 is 0. The Morgan fingerprint density at radius 1 is 1.40 bits per heavy atom. The van der Waals surface area contributed by atoms with Gasteiger partial charge in [-0.15, -0.1) is 0 Å². The third-order valence-electron chi connectivity index (χ3n) is 4.01. The van der Waals surface area contributed by atoms with Crippen molar-refractivity contribution in [1.82, 2.24) is 0 Å². The van der Waals surface area contributed by atoms with Gasteiger partial charge in [0, 0.05) is 18.2 Å². The van der Waals surface area contributed by atoms with E-state index in [1.807, 2.05) is 4.90 Å². The normalized spacial score (nSPS) is 17.4. The van der Waals surface area contributed by atoms with Crippen molar-refractivity contribution in [2.45, 2.75) is 58.4 Å². The number of benzene rings is 1. The topological polar surface area (TPSA) is 46.3 Å². The zero-order valence-corrected chi connectivity index (χ0v) is 12.7. The molecule has 1 aromatic rings. The molecule has 0 aliphatic carbocycles. The summed E-state index contributed by atoms with van der Waals surface area (Å²) in [7, 11) is 0. The van der Waals surface area contributed by atoms with Crippen LogP contribution in [-0.2, 0) is 17.6 Å². The first-order valence-corrected chi connectivity index (χ1v) is 7.81. The number of amides is 1. The Kier molecular flexibility index (Phi) is 5.18. The van der Waals surface area contributed by atoms with Gasteiger partial charge in [0.15, 0.2) is 0 Å². The zero-order valence-electron chi connectivity index (χ0n) is 12.7. The van der Waals surface area contributed by atoms with E-state index in [0.29, 0.717) is 12.5 Å². The van der Waals surface area contributed by atoms with E-state index in [2.05, 4.69) is 32.0 Å². The van der Waals surface area contributed by atoms with E-state index in [1.165, 1.54) is 11.1 Å². The predicted octanol–water partition coefficient (Wildman–Crippen LogP) is 3.05. The van der Waals surface area contributed by atoms with Gasteiger partial charge < -0.3 is 10.6 Å². The second kappa shape index (κ2) is 6.89. The Bertz CT molecular complexity index is 470. The fourth-order valence-corrected chi connectivity index (χ4v) is 3.03. The number of anilines is 1. The van der Waals surface area contributed by atoms with E-state index in [-0.39, 0.29) is 5.91 Å². The molecule has 0 saturated heterocycles. The molecule has 0 radical (unpaired) electrons. The highest BCUT2D eigenvalue weighted by Crippen LogP contribution is 2.33. The van der Waals surface area contributed by atoms with Crippen LogP contribution in [0.1, 0.15) is 50.7 Å². The number of carbonyl (C=O) groups excluding carboxylic acids is 1. The molecule has 110 valence electrons. The Morgan fingerprint density at radius 3 is 2.90 bits per heavy atom. The number of aryl methyl sites for hydroxylation is 1. The standard InChI is InChI=1S/C17H26N2O/c1-3-6-17(20)19-13(2)11-15-12-14(7-4-5-10-18)8-9-16(15)19/h8-9,12-13H,3-7,10-11,18H2,1-2H3. The maximum Gasteiger partial charge on any atom is 0.227 e. The Morgan fingerprint density at radius 2 is 2.20 bits per heavy atom. The van der Waals surface area contributed by atoms with Gasteiger partial charge in [-0.05, 0) is 62.8 Å². The minimum atomic E-state index is 0.259. The summed E-state index contributed by atoms with van der Waals surface area (Å²) in [6.07, 6.45) is 5.84.